The minimum Gasteiger partial charge on any atom is -0.480 e. The van der Waals surface area contributed by atoms with E-state index in [4.69, 9.17) is 5.11 Å². The van der Waals surface area contributed by atoms with Crippen molar-refractivity contribution in [2.24, 2.45) is 0 Å². The molecule has 0 aliphatic rings. The molecule has 0 spiro atoms. The molecule has 0 amide bonds. The van der Waals surface area contributed by atoms with Crippen LogP contribution < -0.4 is 5.32 Å². The zero-order valence-corrected chi connectivity index (χ0v) is 8.82. The summed E-state index contributed by atoms with van der Waals surface area (Å²) in [5.41, 5.74) is -1.13. The summed E-state index contributed by atoms with van der Waals surface area (Å²) < 4.78 is 35.3. The van der Waals surface area contributed by atoms with Crippen LogP contribution in [0.25, 0.3) is 0 Å². The van der Waals surface area contributed by atoms with Crippen molar-refractivity contribution in [1.82, 2.24) is 5.32 Å². The molecule has 90 valence electrons. The highest BCUT2D eigenvalue weighted by Crippen LogP contribution is 2.21. The van der Waals surface area contributed by atoms with E-state index in [9.17, 15) is 18.0 Å². The number of alkyl halides is 3. The van der Waals surface area contributed by atoms with Crippen molar-refractivity contribution < 1.29 is 23.1 Å². The van der Waals surface area contributed by atoms with Gasteiger partial charge in [0.25, 0.3) is 0 Å². The molecule has 0 radical (unpaired) electrons. The summed E-state index contributed by atoms with van der Waals surface area (Å²) in [6.45, 7) is 3.18. The summed E-state index contributed by atoms with van der Waals surface area (Å²) in [6, 6.07) is 0. The van der Waals surface area contributed by atoms with Crippen LogP contribution in [0.2, 0.25) is 0 Å². The highest BCUT2D eigenvalue weighted by atomic mass is 19.4. The second-order valence-corrected chi connectivity index (χ2v) is 3.64. The van der Waals surface area contributed by atoms with Gasteiger partial charge in [-0.2, -0.15) is 13.2 Å². The first-order valence-electron chi connectivity index (χ1n) is 4.76. The zero-order valence-electron chi connectivity index (χ0n) is 8.82. The van der Waals surface area contributed by atoms with Gasteiger partial charge in [-0.1, -0.05) is 6.92 Å². The molecule has 15 heavy (non-hydrogen) atoms. The molecule has 0 saturated carbocycles. The second-order valence-electron chi connectivity index (χ2n) is 3.64. The fraction of sp³-hybridized carbons (Fsp3) is 0.889. The van der Waals surface area contributed by atoms with Crippen LogP contribution in [0.4, 0.5) is 13.2 Å². The van der Waals surface area contributed by atoms with Crippen LogP contribution >= 0.6 is 0 Å². The molecule has 0 fully saturated rings. The molecule has 0 bridgehead atoms. The number of hydrogen-bond acceptors (Lipinski definition) is 2. The number of carboxylic acids is 1. The molecule has 3 nitrogen and oxygen atoms in total. The van der Waals surface area contributed by atoms with Crippen LogP contribution in [-0.4, -0.2) is 29.3 Å². The summed E-state index contributed by atoms with van der Waals surface area (Å²) in [4.78, 5) is 10.8. The summed E-state index contributed by atoms with van der Waals surface area (Å²) in [5, 5.41) is 11.4. The van der Waals surface area contributed by atoms with E-state index in [0.717, 1.165) is 0 Å². The molecule has 0 aromatic carbocycles. The van der Waals surface area contributed by atoms with E-state index in [2.05, 4.69) is 5.32 Å². The molecule has 0 rings (SSSR count). The predicted molar refractivity (Wildman–Crippen MR) is 49.6 cm³/mol. The third-order valence-electron chi connectivity index (χ3n) is 2.33. The fourth-order valence-electron chi connectivity index (χ4n) is 1.00. The summed E-state index contributed by atoms with van der Waals surface area (Å²) in [5.74, 6) is -1.04. The average molecular weight is 227 g/mol. The van der Waals surface area contributed by atoms with Crippen LogP contribution in [-0.2, 0) is 4.79 Å². The van der Waals surface area contributed by atoms with Crippen molar-refractivity contribution >= 4 is 5.97 Å². The molecular weight excluding hydrogens is 211 g/mol. The van der Waals surface area contributed by atoms with Gasteiger partial charge in [0.2, 0.25) is 0 Å². The highest BCUT2D eigenvalue weighted by molar-refractivity contribution is 5.78. The van der Waals surface area contributed by atoms with Crippen LogP contribution in [0, 0.1) is 0 Å². The molecule has 0 saturated heterocycles. The molecule has 1 atom stereocenters. The first kappa shape index (κ1) is 14.2. The van der Waals surface area contributed by atoms with Crippen LogP contribution in [0.5, 0.6) is 0 Å². The van der Waals surface area contributed by atoms with Gasteiger partial charge in [0.15, 0.2) is 0 Å². The maximum absolute atomic E-state index is 11.8. The number of hydrogen-bond donors (Lipinski definition) is 2. The van der Waals surface area contributed by atoms with Gasteiger partial charge in [-0.3, -0.25) is 4.79 Å². The van der Waals surface area contributed by atoms with Crippen molar-refractivity contribution in [2.45, 2.75) is 44.8 Å². The fourth-order valence-corrected chi connectivity index (χ4v) is 1.00. The van der Waals surface area contributed by atoms with Gasteiger partial charge in [0, 0.05) is 6.42 Å². The minimum atomic E-state index is -4.17. The van der Waals surface area contributed by atoms with E-state index in [1.165, 1.54) is 6.92 Å². The number of halogens is 3. The Labute approximate surface area is 86.7 Å². The molecule has 0 aromatic rings. The third kappa shape index (κ3) is 5.61. The van der Waals surface area contributed by atoms with E-state index >= 15 is 0 Å². The van der Waals surface area contributed by atoms with Gasteiger partial charge < -0.3 is 10.4 Å². The van der Waals surface area contributed by atoms with Gasteiger partial charge >= 0.3 is 12.1 Å². The predicted octanol–water partition coefficient (Wildman–Crippen LogP) is 2.17. The molecule has 6 heteroatoms. The zero-order chi connectivity index (χ0) is 12.1. The van der Waals surface area contributed by atoms with Crippen molar-refractivity contribution in [3.63, 3.8) is 0 Å². The lowest BCUT2D eigenvalue weighted by Crippen LogP contribution is -2.49. The molecule has 2 N–H and O–H groups in total. The minimum absolute atomic E-state index is 0.0517. The Balaban J connectivity index is 3.89. The van der Waals surface area contributed by atoms with Gasteiger partial charge in [-0.05, 0) is 26.3 Å². The van der Waals surface area contributed by atoms with Gasteiger partial charge in [-0.25, -0.2) is 0 Å². The van der Waals surface area contributed by atoms with Crippen LogP contribution in [0.15, 0.2) is 0 Å². The topological polar surface area (TPSA) is 49.3 Å². The lowest BCUT2D eigenvalue weighted by Gasteiger charge is -2.24. The van der Waals surface area contributed by atoms with Crippen molar-refractivity contribution in [3.8, 4) is 0 Å². The second kappa shape index (κ2) is 5.34. The van der Waals surface area contributed by atoms with Crippen LogP contribution in [0.3, 0.4) is 0 Å². The Bertz CT molecular complexity index is 218. The van der Waals surface area contributed by atoms with Crippen molar-refractivity contribution in [3.05, 3.63) is 0 Å². The van der Waals surface area contributed by atoms with Gasteiger partial charge in [0.05, 0.1) is 0 Å². The average Bonchev–Trinajstić information content (AvgIpc) is 2.10. The highest BCUT2D eigenvalue weighted by Gasteiger charge is 2.31. The molecule has 0 aliphatic heterocycles. The van der Waals surface area contributed by atoms with Crippen molar-refractivity contribution in [1.29, 1.82) is 0 Å². The smallest absolute Gasteiger partial charge is 0.389 e. The largest absolute Gasteiger partial charge is 0.480 e. The van der Waals surface area contributed by atoms with Gasteiger partial charge in [0.1, 0.15) is 5.54 Å². The third-order valence-corrected chi connectivity index (χ3v) is 2.33. The Morgan fingerprint density at radius 2 is 1.93 bits per heavy atom. The Morgan fingerprint density at radius 1 is 1.40 bits per heavy atom. The van der Waals surface area contributed by atoms with Crippen LogP contribution in [0.1, 0.15) is 33.1 Å². The monoisotopic (exact) mass is 227 g/mol. The normalized spacial score (nSPS) is 16.1. The molecule has 1 unspecified atom stereocenters. The molecule has 0 aliphatic carbocycles. The maximum Gasteiger partial charge on any atom is 0.389 e. The van der Waals surface area contributed by atoms with Gasteiger partial charge in [-0.15, -0.1) is 0 Å². The van der Waals surface area contributed by atoms with E-state index in [0.29, 0.717) is 6.42 Å². The molecular formula is C9H16F3NO2. The first-order valence-corrected chi connectivity index (χ1v) is 4.76. The summed E-state index contributed by atoms with van der Waals surface area (Å²) in [7, 11) is 0. The summed E-state index contributed by atoms with van der Waals surface area (Å²) in [6.07, 6.45) is -4.84. The summed E-state index contributed by atoms with van der Waals surface area (Å²) >= 11 is 0. The van der Waals surface area contributed by atoms with E-state index in [-0.39, 0.29) is 13.0 Å². The van der Waals surface area contributed by atoms with E-state index in [1.807, 2.05) is 0 Å². The number of carboxylic acid groups (broad SMARTS) is 1. The lowest BCUT2D eigenvalue weighted by molar-refractivity contribution is -0.144. The van der Waals surface area contributed by atoms with E-state index < -0.39 is 24.1 Å². The maximum atomic E-state index is 11.8. The SMILES string of the molecule is CCC(C)(NCCCC(F)(F)F)C(=O)O. The quantitative estimate of drug-likeness (QED) is 0.684. The number of rotatable bonds is 6. The standard InChI is InChI=1S/C9H16F3NO2/c1-3-8(2,7(14)15)13-6-4-5-9(10,11)12/h13H,3-6H2,1-2H3,(H,14,15). The number of aliphatic carboxylic acids is 1. The van der Waals surface area contributed by atoms with Crippen molar-refractivity contribution in [2.75, 3.05) is 6.54 Å². The lowest BCUT2D eigenvalue weighted by atomic mass is 9.99. The molecule has 0 aromatic heterocycles. The molecule has 0 heterocycles. The first-order chi connectivity index (χ1) is 6.71. The van der Waals surface area contributed by atoms with E-state index in [1.54, 1.807) is 6.92 Å². The number of carbonyl (C=O) groups is 1. The Morgan fingerprint density at radius 3 is 2.27 bits per heavy atom. The Kier molecular flexibility index (Phi) is 5.07. The Hall–Kier alpha value is -0.780. The number of nitrogens with one attached hydrogen (secondary N) is 1.